The van der Waals surface area contributed by atoms with Crippen molar-refractivity contribution in [2.45, 2.75) is 19.5 Å². The minimum absolute atomic E-state index is 0.0622. The van der Waals surface area contributed by atoms with Crippen LogP contribution in [-0.2, 0) is 24.2 Å². The van der Waals surface area contributed by atoms with Crippen LogP contribution in [0, 0.1) is 5.82 Å². The van der Waals surface area contributed by atoms with Gasteiger partial charge in [-0.1, -0.05) is 0 Å². The van der Waals surface area contributed by atoms with Crippen molar-refractivity contribution in [2.24, 2.45) is 0 Å². The predicted octanol–water partition coefficient (Wildman–Crippen LogP) is 2.44. The summed E-state index contributed by atoms with van der Waals surface area (Å²) < 4.78 is 19.7. The maximum atomic E-state index is 13.1. The van der Waals surface area contributed by atoms with E-state index in [2.05, 4.69) is 4.98 Å². The lowest BCUT2D eigenvalue weighted by molar-refractivity contribution is 0.0737. The summed E-state index contributed by atoms with van der Waals surface area (Å²) in [6.07, 6.45) is 2.15. The Labute approximate surface area is 158 Å². The van der Waals surface area contributed by atoms with Crippen molar-refractivity contribution in [3.05, 3.63) is 62.8 Å². The van der Waals surface area contributed by atoms with Crippen LogP contribution in [0.25, 0.3) is 10.2 Å². The highest BCUT2D eigenvalue weighted by molar-refractivity contribution is 7.18. The summed E-state index contributed by atoms with van der Waals surface area (Å²) in [6.45, 7) is 1.85. The van der Waals surface area contributed by atoms with Crippen LogP contribution in [0.3, 0.4) is 0 Å². The van der Waals surface area contributed by atoms with E-state index in [9.17, 15) is 14.0 Å². The van der Waals surface area contributed by atoms with Crippen LogP contribution >= 0.6 is 11.3 Å². The van der Waals surface area contributed by atoms with Gasteiger partial charge in [-0.15, -0.1) is 11.3 Å². The Bertz CT molecular complexity index is 1060. The minimum Gasteiger partial charge on any atom is -0.383 e. The average molecular weight is 387 g/mol. The third-order valence-corrected chi connectivity index (χ3v) is 5.87. The predicted molar refractivity (Wildman–Crippen MR) is 101 cm³/mol. The second-order valence-corrected chi connectivity index (χ2v) is 7.49. The zero-order valence-corrected chi connectivity index (χ0v) is 15.6. The van der Waals surface area contributed by atoms with E-state index in [4.69, 9.17) is 4.74 Å². The number of halogens is 1. The minimum atomic E-state index is -0.368. The Morgan fingerprint density at radius 1 is 1.33 bits per heavy atom. The second-order valence-electron chi connectivity index (χ2n) is 6.40. The van der Waals surface area contributed by atoms with Crippen molar-refractivity contribution in [1.82, 2.24) is 14.5 Å². The maximum Gasteiger partial charge on any atom is 0.262 e. The highest BCUT2D eigenvalue weighted by Crippen LogP contribution is 2.32. The molecular weight excluding hydrogens is 369 g/mol. The fourth-order valence-corrected chi connectivity index (χ4v) is 4.51. The molecule has 0 N–H and O–H groups in total. The standard InChI is InChI=1S/C19H18FN3O3S/c1-26-9-8-23-11-21-17-16(19(23)25)14-6-7-22(10-15(14)27-17)18(24)12-2-4-13(20)5-3-12/h2-5,11H,6-10H2,1H3. The van der Waals surface area contributed by atoms with Gasteiger partial charge in [-0.3, -0.25) is 14.2 Å². The van der Waals surface area contributed by atoms with Gasteiger partial charge in [-0.2, -0.15) is 0 Å². The van der Waals surface area contributed by atoms with Crippen LogP contribution in [0.4, 0.5) is 4.39 Å². The number of carbonyl (C=O) groups is 1. The lowest BCUT2D eigenvalue weighted by Gasteiger charge is -2.27. The number of benzene rings is 1. The van der Waals surface area contributed by atoms with E-state index in [0.29, 0.717) is 48.4 Å². The lowest BCUT2D eigenvalue weighted by atomic mass is 10.0. The SMILES string of the molecule is COCCn1cnc2sc3c(c2c1=O)CCN(C(=O)c1ccc(F)cc1)C3. The highest BCUT2D eigenvalue weighted by Gasteiger charge is 2.27. The Balaban J connectivity index is 1.64. The number of amides is 1. The number of carbonyl (C=O) groups excluding carboxylic acids is 1. The van der Waals surface area contributed by atoms with Gasteiger partial charge in [0.2, 0.25) is 0 Å². The van der Waals surface area contributed by atoms with Crippen LogP contribution in [0.5, 0.6) is 0 Å². The normalized spacial score (nSPS) is 13.8. The van der Waals surface area contributed by atoms with Crippen molar-refractivity contribution in [3.63, 3.8) is 0 Å². The average Bonchev–Trinajstić information content (AvgIpc) is 3.06. The Morgan fingerprint density at radius 3 is 2.85 bits per heavy atom. The number of hydrogen-bond donors (Lipinski definition) is 0. The molecule has 1 aromatic carbocycles. The zero-order valence-electron chi connectivity index (χ0n) is 14.8. The zero-order chi connectivity index (χ0) is 19.0. The summed E-state index contributed by atoms with van der Waals surface area (Å²) in [5.74, 6) is -0.503. The van der Waals surface area contributed by atoms with Crippen molar-refractivity contribution >= 4 is 27.5 Å². The Hall–Kier alpha value is -2.58. The molecule has 6 nitrogen and oxygen atoms in total. The molecule has 140 valence electrons. The van der Waals surface area contributed by atoms with E-state index < -0.39 is 0 Å². The van der Waals surface area contributed by atoms with Crippen molar-refractivity contribution in [3.8, 4) is 0 Å². The van der Waals surface area contributed by atoms with Gasteiger partial charge in [-0.25, -0.2) is 9.37 Å². The van der Waals surface area contributed by atoms with Crippen LogP contribution in [0.2, 0.25) is 0 Å². The van der Waals surface area contributed by atoms with Gasteiger partial charge < -0.3 is 9.64 Å². The van der Waals surface area contributed by atoms with Crippen molar-refractivity contribution < 1.29 is 13.9 Å². The first-order chi connectivity index (χ1) is 13.1. The van der Waals surface area contributed by atoms with E-state index in [1.807, 2.05) is 0 Å². The molecule has 27 heavy (non-hydrogen) atoms. The number of hydrogen-bond acceptors (Lipinski definition) is 5. The first-order valence-corrected chi connectivity index (χ1v) is 9.43. The number of ether oxygens (including phenoxy) is 1. The van der Waals surface area contributed by atoms with Crippen molar-refractivity contribution in [1.29, 1.82) is 0 Å². The summed E-state index contributed by atoms with van der Waals surface area (Å²) in [6, 6.07) is 5.56. The molecular formula is C19H18FN3O3S. The van der Waals surface area contributed by atoms with E-state index in [1.54, 1.807) is 22.9 Å². The van der Waals surface area contributed by atoms with E-state index >= 15 is 0 Å². The number of rotatable bonds is 4. The molecule has 0 atom stereocenters. The summed E-state index contributed by atoms with van der Waals surface area (Å²) in [4.78, 5) is 33.3. The van der Waals surface area contributed by atoms with Crippen LogP contribution in [0.1, 0.15) is 20.8 Å². The van der Waals surface area contributed by atoms with Crippen LogP contribution in [-0.4, -0.2) is 40.6 Å². The molecule has 0 unspecified atom stereocenters. The molecule has 0 fully saturated rings. The lowest BCUT2D eigenvalue weighted by Crippen LogP contribution is -2.35. The van der Waals surface area contributed by atoms with Crippen molar-refractivity contribution in [2.75, 3.05) is 20.3 Å². The van der Waals surface area contributed by atoms with Crippen LogP contribution in [0.15, 0.2) is 35.4 Å². The summed E-state index contributed by atoms with van der Waals surface area (Å²) >= 11 is 1.46. The Morgan fingerprint density at radius 2 is 2.11 bits per heavy atom. The summed E-state index contributed by atoms with van der Waals surface area (Å²) in [7, 11) is 1.59. The Kier molecular flexibility index (Phi) is 4.75. The molecule has 1 amide bonds. The molecule has 3 aromatic rings. The molecule has 0 spiro atoms. The largest absolute Gasteiger partial charge is 0.383 e. The molecule has 4 rings (SSSR count). The second kappa shape index (κ2) is 7.21. The number of thiophene rings is 1. The van der Waals surface area contributed by atoms with E-state index in [0.717, 1.165) is 10.4 Å². The quantitative estimate of drug-likeness (QED) is 0.690. The monoisotopic (exact) mass is 387 g/mol. The fourth-order valence-electron chi connectivity index (χ4n) is 3.32. The first kappa shape index (κ1) is 17.8. The highest BCUT2D eigenvalue weighted by atomic mass is 32.1. The molecule has 3 heterocycles. The number of nitrogens with zero attached hydrogens (tertiary/aromatic N) is 3. The third-order valence-electron chi connectivity index (χ3n) is 4.74. The molecule has 0 bridgehead atoms. The van der Waals surface area contributed by atoms with Crippen LogP contribution < -0.4 is 5.56 Å². The summed E-state index contributed by atoms with van der Waals surface area (Å²) in [5, 5.41) is 0.655. The van der Waals surface area contributed by atoms with Gasteiger partial charge in [0.1, 0.15) is 10.6 Å². The molecule has 8 heteroatoms. The molecule has 1 aliphatic heterocycles. The number of fused-ring (bicyclic) bond motifs is 3. The van der Waals surface area contributed by atoms with Gasteiger partial charge in [0.15, 0.2) is 0 Å². The van der Waals surface area contributed by atoms with Gasteiger partial charge in [0, 0.05) is 24.1 Å². The first-order valence-electron chi connectivity index (χ1n) is 8.62. The topological polar surface area (TPSA) is 64.4 Å². The maximum absolute atomic E-state index is 13.1. The van der Waals surface area contributed by atoms with E-state index in [-0.39, 0.29) is 17.3 Å². The number of methoxy groups -OCH3 is 1. The van der Waals surface area contributed by atoms with E-state index in [1.165, 1.54) is 35.6 Å². The van der Waals surface area contributed by atoms with Gasteiger partial charge in [0.25, 0.3) is 11.5 Å². The fraction of sp³-hybridized carbons (Fsp3) is 0.316. The molecule has 1 aliphatic rings. The molecule has 2 aromatic heterocycles. The third kappa shape index (κ3) is 3.26. The summed E-state index contributed by atoms with van der Waals surface area (Å²) in [5.41, 5.74) is 1.39. The molecule has 0 saturated heterocycles. The molecule has 0 aliphatic carbocycles. The van der Waals surface area contributed by atoms with Gasteiger partial charge in [0.05, 0.1) is 31.4 Å². The molecule has 0 saturated carbocycles. The smallest absolute Gasteiger partial charge is 0.262 e. The number of aromatic nitrogens is 2. The van der Waals surface area contributed by atoms with Gasteiger partial charge in [-0.05, 0) is 36.2 Å². The van der Waals surface area contributed by atoms with Gasteiger partial charge >= 0.3 is 0 Å². The molecule has 0 radical (unpaired) electrons.